The average molecular weight is 370 g/mol. The molecule has 2 rings (SSSR count). The lowest BCUT2D eigenvalue weighted by Gasteiger charge is -2.34. The fraction of sp³-hybridized carbons (Fsp3) is 0.500. The summed E-state index contributed by atoms with van der Waals surface area (Å²) in [5.74, 6) is -0.504. The fourth-order valence-electron chi connectivity index (χ4n) is 2.89. The summed E-state index contributed by atoms with van der Waals surface area (Å²) in [6, 6.07) is 5.53. The molecule has 1 aliphatic heterocycles. The number of hydrogen-bond acceptors (Lipinski definition) is 3. The molecule has 1 aliphatic rings. The van der Waals surface area contributed by atoms with Crippen LogP contribution in [0.2, 0.25) is 0 Å². The van der Waals surface area contributed by atoms with Gasteiger partial charge in [0.25, 0.3) is 0 Å². The van der Waals surface area contributed by atoms with E-state index in [1.54, 1.807) is 12.0 Å². The first-order valence-electron chi connectivity index (χ1n) is 7.23. The maximum atomic E-state index is 12.5. The van der Waals surface area contributed by atoms with Gasteiger partial charge in [0.2, 0.25) is 5.91 Å². The normalized spacial score (nSPS) is 21.5. The zero-order chi connectivity index (χ0) is 16.3. The molecule has 0 aromatic heterocycles. The van der Waals surface area contributed by atoms with Gasteiger partial charge in [0.1, 0.15) is 5.75 Å². The van der Waals surface area contributed by atoms with Crippen LogP contribution in [0.4, 0.5) is 0 Å². The van der Waals surface area contributed by atoms with Crippen LogP contribution in [-0.2, 0) is 16.0 Å². The lowest BCUT2D eigenvalue weighted by Crippen LogP contribution is -2.46. The number of methoxy groups -OCH3 is 1. The molecule has 120 valence electrons. The number of carboxylic acid groups (broad SMARTS) is 1. The van der Waals surface area contributed by atoms with Crippen molar-refractivity contribution in [1.82, 2.24) is 4.90 Å². The van der Waals surface area contributed by atoms with Gasteiger partial charge in [0, 0.05) is 23.1 Å². The maximum Gasteiger partial charge on any atom is 0.308 e. The number of amides is 1. The van der Waals surface area contributed by atoms with Crippen LogP contribution in [-0.4, -0.2) is 42.1 Å². The molecule has 1 heterocycles. The summed E-state index contributed by atoms with van der Waals surface area (Å²) >= 11 is 3.39. The first-order chi connectivity index (χ1) is 10.4. The molecule has 0 saturated carbocycles. The van der Waals surface area contributed by atoms with Gasteiger partial charge in [-0.05, 0) is 30.5 Å². The Morgan fingerprint density at radius 1 is 1.41 bits per heavy atom. The van der Waals surface area contributed by atoms with Crippen molar-refractivity contribution in [2.75, 3.05) is 20.2 Å². The number of carbonyl (C=O) groups is 2. The van der Waals surface area contributed by atoms with E-state index >= 15 is 0 Å². The Bertz CT molecular complexity index is 575. The topological polar surface area (TPSA) is 66.8 Å². The van der Waals surface area contributed by atoms with Crippen molar-refractivity contribution in [3.05, 3.63) is 28.2 Å². The largest absolute Gasteiger partial charge is 0.496 e. The van der Waals surface area contributed by atoms with Crippen LogP contribution in [0.1, 0.15) is 18.9 Å². The Morgan fingerprint density at radius 2 is 2.14 bits per heavy atom. The molecule has 1 amide bonds. The molecule has 22 heavy (non-hydrogen) atoms. The highest BCUT2D eigenvalue weighted by atomic mass is 79.9. The number of nitrogens with zero attached hydrogens (tertiary/aromatic N) is 1. The molecule has 1 saturated heterocycles. The van der Waals surface area contributed by atoms with Gasteiger partial charge in [0.15, 0.2) is 0 Å². The third-order valence-electron chi connectivity index (χ3n) is 3.95. The summed E-state index contributed by atoms with van der Waals surface area (Å²) in [5.41, 5.74) is 0.798. The summed E-state index contributed by atoms with van der Waals surface area (Å²) in [4.78, 5) is 25.4. The van der Waals surface area contributed by atoms with Gasteiger partial charge in [-0.1, -0.05) is 22.9 Å². The van der Waals surface area contributed by atoms with Crippen LogP contribution in [0.3, 0.4) is 0 Å². The molecule has 2 unspecified atom stereocenters. The van der Waals surface area contributed by atoms with Crippen molar-refractivity contribution in [2.45, 2.75) is 19.8 Å². The molecular weight excluding hydrogens is 350 g/mol. The molecule has 1 N–H and O–H groups in total. The van der Waals surface area contributed by atoms with Gasteiger partial charge in [-0.3, -0.25) is 9.59 Å². The van der Waals surface area contributed by atoms with Crippen molar-refractivity contribution in [3.63, 3.8) is 0 Å². The number of piperidine rings is 1. The van der Waals surface area contributed by atoms with Crippen molar-refractivity contribution < 1.29 is 19.4 Å². The fourth-order valence-corrected chi connectivity index (χ4v) is 3.30. The van der Waals surface area contributed by atoms with E-state index in [0.717, 1.165) is 10.0 Å². The minimum atomic E-state index is -0.829. The van der Waals surface area contributed by atoms with Crippen LogP contribution < -0.4 is 4.74 Å². The van der Waals surface area contributed by atoms with Crippen molar-refractivity contribution in [1.29, 1.82) is 0 Å². The van der Waals surface area contributed by atoms with Gasteiger partial charge in [-0.15, -0.1) is 0 Å². The number of carboxylic acids is 1. The molecule has 1 fully saturated rings. The van der Waals surface area contributed by atoms with Crippen LogP contribution in [0.25, 0.3) is 0 Å². The number of carbonyl (C=O) groups excluding carboxylic acids is 1. The van der Waals surface area contributed by atoms with E-state index < -0.39 is 11.9 Å². The van der Waals surface area contributed by atoms with Crippen LogP contribution in [0.5, 0.6) is 5.75 Å². The van der Waals surface area contributed by atoms with Crippen LogP contribution >= 0.6 is 15.9 Å². The molecule has 1 aromatic rings. The standard InChI is InChI=1S/C16H20BrNO4/c1-10-5-12(16(20)21)9-18(8-10)15(19)7-11-6-13(17)3-4-14(11)22-2/h3-4,6,10,12H,5,7-9H2,1-2H3,(H,20,21). The van der Waals surface area contributed by atoms with Crippen molar-refractivity contribution in [2.24, 2.45) is 11.8 Å². The highest BCUT2D eigenvalue weighted by Gasteiger charge is 2.32. The number of hydrogen-bond donors (Lipinski definition) is 1. The smallest absolute Gasteiger partial charge is 0.308 e. The number of halogens is 1. The van der Waals surface area contributed by atoms with Crippen LogP contribution in [0, 0.1) is 11.8 Å². The van der Waals surface area contributed by atoms with E-state index in [0.29, 0.717) is 18.7 Å². The Labute approximate surface area is 138 Å². The molecule has 0 bridgehead atoms. The van der Waals surface area contributed by atoms with Crippen LogP contribution in [0.15, 0.2) is 22.7 Å². The van der Waals surface area contributed by atoms with E-state index in [9.17, 15) is 14.7 Å². The maximum absolute atomic E-state index is 12.5. The van der Waals surface area contributed by atoms with Gasteiger partial charge in [-0.2, -0.15) is 0 Å². The Hall–Kier alpha value is -1.56. The summed E-state index contributed by atoms with van der Waals surface area (Å²) in [6.07, 6.45) is 0.834. The average Bonchev–Trinajstić information content (AvgIpc) is 2.46. The predicted octanol–water partition coefficient (Wildman–Crippen LogP) is 2.57. The second kappa shape index (κ2) is 7.13. The molecule has 5 nitrogen and oxygen atoms in total. The molecular formula is C16H20BrNO4. The summed E-state index contributed by atoms with van der Waals surface area (Å²) < 4.78 is 6.16. The summed E-state index contributed by atoms with van der Waals surface area (Å²) in [7, 11) is 1.57. The van der Waals surface area contributed by atoms with Crippen molar-refractivity contribution >= 4 is 27.8 Å². The second-order valence-corrected chi connectivity index (χ2v) is 6.72. The third kappa shape index (κ3) is 4.00. The Morgan fingerprint density at radius 3 is 2.77 bits per heavy atom. The van der Waals surface area contributed by atoms with Gasteiger partial charge in [-0.25, -0.2) is 0 Å². The number of aliphatic carboxylic acids is 1. The molecule has 1 aromatic carbocycles. The number of likely N-dealkylation sites (tertiary alicyclic amines) is 1. The highest BCUT2D eigenvalue weighted by Crippen LogP contribution is 2.26. The minimum absolute atomic E-state index is 0.0609. The van der Waals surface area contributed by atoms with E-state index in [4.69, 9.17) is 4.74 Å². The third-order valence-corrected chi connectivity index (χ3v) is 4.44. The minimum Gasteiger partial charge on any atom is -0.496 e. The predicted molar refractivity (Wildman–Crippen MR) is 85.9 cm³/mol. The first kappa shape index (κ1) is 16.8. The lowest BCUT2D eigenvalue weighted by atomic mass is 9.90. The van der Waals surface area contributed by atoms with E-state index in [2.05, 4.69) is 15.9 Å². The molecule has 6 heteroatoms. The highest BCUT2D eigenvalue weighted by molar-refractivity contribution is 9.10. The molecule has 0 spiro atoms. The SMILES string of the molecule is COc1ccc(Br)cc1CC(=O)N1CC(C)CC(C(=O)O)C1. The Kier molecular flexibility index (Phi) is 5.45. The number of benzene rings is 1. The number of ether oxygens (including phenoxy) is 1. The zero-order valence-corrected chi connectivity index (χ0v) is 14.3. The van der Waals surface area contributed by atoms with E-state index in [-0.39, 0.29) is 24.8 Å². The molecule has 2 atom stereocenters. The quantitative estimate of drug-likeness (QED) is 0.885. The van der Waals surface area contributed by atoms with Crippen molar-refractivity contribution in [3.8, 4) is 5.75 Å². The monoisotopic (exact) mass is 369 g/mol. The summed E-state index contributed by atoms with van der Waals surface area (Å²) in [6.45, 7) is 2.88. The molecule has 0 aliphatic carbocycles. The van der Waals surface area contributed by atoms with Gasteiger partial charge < -0.3 is 14.7 Å². The lowest BCUT2D eigenvalue weighted by molar-refractivity contribution is -0.146. The molecule has 0 radical (unpaired) electrons. The number of rotatable bonds is 4. The second-order valence-electron chi connectivity index (χ2n) is 5.81. The van der Waals surface area contributed by atoms with E-state index in [1.165, 1.54) is 0 Å². The van der Waals surface area contributed by atoms with Gasteiger partial charge in [0.05, 0.1) is 19.4 Å². The van der Waals surface area contributed by atoms with Gasteiger partial charge >= 0.3 is 5.97 Å². The first-order valence-corrected chi connectivity index (χ1v) is 8.03. The summed E-state index contributed by atoms with van der Waals surface area (Å²) in [5, 5.41) is 9.20. The zero-order valence-electron chi connectivity index (χ0n) is 12.7. The Balaban J connectivity index is 2.11. The van der Waals surface area contributed by atoms with E-state index in [1.807, 2.05) is 25.1 Å².